The summed E-state index contributed by atoms with van der Waals surface area (Å²) in [4.78, 5) is 0. The van der Waals surface area contributed by atoms with Crippen molar-refractivity contribution in [3.63, 3.8) is 0 Å². The molecule has 0 amide bonds. The number of nitrogen functional groups attached to an aromatic ring is 1. The Morgan fingerprint density at radius 1 is 1.21 bits per heavy atom. The lowest BCUT2D eigenvalue weighted by atomic mass is 10.2. The molecule has 3 aromatic rings. The monoisotopic (exact) mass is 254 g/mol. The van der Waals surface area contributed by atoms with Gasteiger partial charge in [0.15, 0.2) is 11.5 Å². The number of benzene rings is 1. The van der Waals surface area contributed by atoms with Crippen molar-refractivity contribution in [3.05, 3.63) is 42.6 Å². The van der Waals surface area contributed by atoms with Crippen LogP contribution in [0, 0.1) is 0 Å². The second kappa shape index (κ2) is 4.61. The topological polar surface area (TPSA) is 65.4 Å². The van der Waals surface area contributed by atoms with Crippen molar-refractivity contribution in [2.75, 3.05) is 12.3 Å². The minimum atomic E-state index is 0.595. The summed E-state index contributed by atoms with van der Waals surface area (Å²) < 4.78 is 7.35. The lowest BCUT2D eigenvalue weighted by molar-refractivity contribution is 0.342. The highest BCUT2D eigenvalue weighted by atomic mass is 16.5. The third-order valence-electron chi connectivity index (χ3n) is 2.88. The first kappa shape index (κ1) is 11.5. The Morgan fingerprint density at radius 2 is 2.11 bits per heavy atom. The van der Waals surface area contributed by atoms with Crippen LogP contribution in [0.25, 0.3) is 17.0 Å². The molecule has 0 saturated heterocycles. The van der Waals surface area contributed by atoms with Crippen LogP contribution in [-0.2, 0) is 0 Å². The van der Waals surface area contributed by atoms with E-state index < -0.39 is 0 Å². The molecule has 0 saturated carbocycles. The average Bonchev–Trinajstić information content (AvgIpc) is 2.85. The van der Waals surface area contributed by atoms with E-state index in [2.05, 4.69) is 10.2 Å². The van der Waals surface area contributed by atoms with Crippen LogP contribution in [0.5, 0.6) is 5.75 Å². The summed E-state index contributed by atoms with van der Waals surface area (Å²) in [7, 11) is 0. The van der Waals surface area contributed by atoms with Crippen LogP contribution in [0.4, 0.5) is 5.69 Å². The summed E-state index contributed by atoms with van der Waals surface area (Å²) >= 11 is 0. The van der Waals surface area contributed by atoms with Crippen molar-refractivity contribution >= 4 is 11.3 Å². The molecule has 2 aromatic heterocycles. The van der Waals surface area contributed by atoms with Crippen molar-refractivity contribution < 1.29 is 4.74 Å². The number of fused-ring (bicyclic) bond motifs is 1. The van der Waals surface area contributed by atoms with Crippen molar-refractivity contribution in [1.29, 1.82) is 0 Å². The van der Waals surface area contributed by atoms with Gasteiger partial charge in [-0.25, -0.2) is 0 Å². The van der Waals surface area contributed by atoms with E-state index in [9.17, 15) is 0 Å². The fourth-order valence-electron chi connectivity index (χ4n) is 2.01. The minimum Gasteiger partial charge on any atom is -0.492 e. The fraction of sp³-hybridized carbons (Fsp3) is 0.143. The van der Waals surface area contributed by atoms with Crippen LogP contribution in [0.15, 0.2) is 42.6 Å². The standard InChI is InChI=1S/C14H14N4O/c1-2-19-12-7-6-10(9-11(12)15)14-17-16-13-5-3-4-8-18(13)14/h3-9H,2,15H2,1H3. The summed E-state index contributed by atoms with van der Waals surface area (Å²) in [6.07, 6.45) is 1.93. The Bertz CT molecular complexity index is 720. The normalized spacial score (nSPS) is 10.8. The highest BCUT2D eigenvalue weighted by molar-refractivity contribution is 5.67. The van der Waals surface area contributed by atoms with Crippen LogP contribution >= 0.6 is 0 Å². The molecule has 2 heterocycles. The molecule has 0 spiro atoms. The van der Waals surface area contributed by atoms with Gasteiger partial charge < -0.3 is 10.5 Å². The van der Waals surface area contributed by atoms with E-state index in [1.807, 2.05) is 53.9 Å². The zero-order valence-electron chi connectivity index (χ0n) is 10.6. The van der Waals surface area contributed by atoms with Crippen LogP contribution in [0.2, 0.25) is 0 Å². The Morgan fingerprint density at radius 3 is 2.89 bits per heavy atom. The third-order valence-corrected chi connectivity index (χ3v) is 2.88. The van der Waals surface area contributed by atoms with Gasteiger partial charge in [-0.3, -0.25) is 4.40 Å². The molecule has 1 aromatic carbocycles. The zero-order chi connectivity index (χ0) is 13.2. The quantitative estimate of drug-likeness (QED) is 0.729. The van der Waals surface area contributed by atoms with Gasteiger partial charge in [0.1, 0.15) is 5.75 Å². The number of hydrogen-bond donors (Lipinski definition) is 1. The maximum absolute atomic E-state index is 5.98. The second-order valence-electron chi connectivity index (χ2n) is 4.14. The molecule has 0 fully saturated rings. The number of aromatic nitrogens is 3. The number of nitrogens with two attached hydrogens (primary N) is 1. The summed E-state index contributed by atoms with van der Waals surface area (Å²) in [6, 6.07) is 11.4. The van der Waals surface area contributed by atoms with E-state index in [4.69, 9.17) is 10.5 Å². The number of nitrogens with zero attached hydrogens (tertiary/aromatic N) is 3. The van der Waals surface area contributed by atoms with Gasteiger partial charge in [-0.1, -0.05) is 6.07 Å². The van der Waals surface area contributed by atoms with E-state index in [-0.39, 0.29) is 0 Å². The molecular weight excluding hydrogens is 240 g/mol. The minimum absolute atomic E-state index is 0.595. The molecule has 3 rings (SSSR count). The molecule has 2 N–H and O–H groups in total. The molecule has 0 unspecified atom stereocenters. The Hall–Kier alpha value is -2.56. The number of pyridine rings is 1. The summed E-state index contributed by atoms with van der Waals surface area (Å²) in [5.74, 6) is 1.46. The zero-order valence-corrected chi connectivity index (χ0v) is 10.6. The fourth-order valence-corrected chi connectivity index (χ4v) is 2.01. The van der Waals surface area contributed by atoms with Gasteiger partial charge in [0.2, 0.25) is 0 Å². The number of anilines is 1. The Balaban J connectivity index is 2.09. The molecule has 19 heavy (non-hydrogen) atoms. The predicted octanol–water partition coefficient (Wildman–Crippen LogP) is 2.38. The molecule has 0 aliphatic heterocycles. The number of ether oxygens (including phenoxy) is 1. The first-order valence-corrected chi connectivity index (χ1v) is 6.12. The molecular formula is C14H14N4O. The van der Waals surface area contributed by atoms with Gasteiger partial charge in [-0.15, -0.1) is 10.2 Å². The lowest BCUT2D eigenvalue weighted by Gasteiger charge is -2.08. The first-order chi connectivity index (χ1) is 9.29. The highest BCUT2D eigenvalue weighted by Gasteiger charge is 2.09. The van der Waals surface area contributed by atoms with Gasteiger partial charge in [0, 0.05) is 11.8 Å². The Kier molecular flexibility index (Phi) is 2.79. The molecule has 5 nitrogen and oxygen atoms in total. The second-order valence-corrected chi connectivity index (χ2v) is 4.14. The maximum Gasteiger partial charge on any atom is 0.168 e. The number of rotatable bonds is 3. The van der Waals surface area contributed by atoms with Crippen molar-refractivity contribution in [1.82, 2.24) is 14.6 Å². The number of hydrogen-bond acceptors (Lipinski definition) is 4. The molecule has 0 aliphatic rings. The summed E-state index contributed by atoms with van der Waals surface area (Å²) in [5, 5.41) is 8.32. The van der Waals surface area contributed by atoms with Crippen molar-refractivity contribution in [3.8, 4) is 17.1 Å². The van der Waals surface area contributed by atoms with E-state index >= 15 is 0 Å². The van der Waals surface area contributed by atoms with Crippen LogP contribution in [-0.4, -0.2) is 21.2 Å². The average molecular weight is 254 g/mol. The highest BCUT2D eigenvalue weighted by Crippen LogP contribution is 2.27. The van der Waals surface area contributed by atoms with Crippen LogP contribution in [0.1, 0.15) is 6.92 Å². The summed E-state index contributed by atoms with van der Waals surface area (Å²) in [6.45, 7) is 2.52. The van der Waals surface area contributed by atoms with Crippen LogP contribution < -0.4 is 10.5 Å². The SMILES string of the molecule is CCOc1ccc(-c2nnc3ccccn23)cc1N. The van der Waals surface area contributed by atoms with E-state index in [0.717, 1.165) is 17.0 Å². The molecule has 5 heteroatoms. The van der Waals surface area contributed by atoms with Gasteiger partial charge in [-0.2, -0.15) is 0 Å². The smallest absolute Gasteiger partial charge is 0.168 e. The van der Waals surface area contributed by atoms with E-state index in [1.54, 1.807) is 0 Å². The first-order valence-electron chi connectivity index (χ1n) is 6.12. The van der Waals surface area contributed by atoms with Crippen molar-refractivity contribution in [2.24, 2.45) is 0 Å². The van der Waals surface area contributed by atoms with Gasteiger partial charge in [-0.05, 0) is 37.3 Å². The molecule has 0 radical (unpaired) electrons. The van der Waals surface area contributed by atoms with Crippen molar-refractivity contribution in [2.45, 2.75) is 6.92 Å². The van der Waals surface area contributed by atoms with Gasteiger partial charge >= 0.3 is 0 Å². The molecule has 0 aliphatic carbocycles. The molecule has 0 atom stereocenters. The summed E-state index contributed by atoms with van der Waals surface area (Å²) in [5.41, 5.74) is 8.31. The van der Waals surface area contributed by atoms with E-state index in [0.29, 0.717) is 18.0 Å². The van der Waals surface area contributed by atoms with Gasteiger partial charge in [0.25, 0.3) is 0 Å². The largest absolute Gasteiger partial charge is 0.492 e. The third kappa shape index (κ3) is 1.99. The molecule has 0 bridgehead atoms. The predicted molar refractivity (Wildman–Crippen MR) is 74.0 cm³/mol. The van der Waals surface area contributed by atoms with Crippen LogP contribution in [0.3, 0.4) is 0 Å². The van der Waals surface area contributed by atoms with E-state index in [1.165, 1.54) is 0 Å². The van der Waals surface area contributed by atoms with Gasteiger partial charge in [0.05, 0.1) is 12.3 Å². The Labute approximate surface area is 110 Å². The maximum atomic E-state index is 5.98. The molecule has 96 valence electrons. The lowest BCUT2D eigenvalue weighted by Crippen LogP contribution is -1.97.